The first-order chi connectivity index (χ1) is 9.73. The minimum absolute atomic E-state index is 0.128. The Kier molecular flexibility index (Phi) is 4.04. The van der Waals surface area contributed by atoms with Gasteiger partial charge in [-0.3, -0.25) is 4.79 Å². The SMILES string of the molecule is CC(=O)c1ccc(C)cc1C(C)(C)c1cc(C)ccc1C. The number of aryl methyl sites for hydroxylation is 3. The maximum Gasteiger partial charge on any atom is 0.160 e. The van der Waals surface area contributed by atoms with E-state index < -0.39 is 0 Å². The number of hydrogen-bond donors (Lipinski definition) is 0. The van der Waals surface area contributed by atoms with Crippen molar-refractivity contribution in [3.05, 3.63) is 69.8 Å². The number of rotatable bonds is 3. The predicted molar refractivity (Wildman–Crippen MR) is 89.2 cm³/mol. The predicted octanol–water partition coefficient (Wildman–Crippen LogP) is 5.14. The largest absolute Gasteiger partial charge is 0.295 e. The third-order valence-corrected chi connectivity index (χ3v) is 4.29. The molecule has 0 aliphatic carbocycles. The lowest BCUT2D eigenvalue weighted by Crippen LogP contribution is -2.23. The normalized spacial score (nSPS) is 11.5. The van der Waals surface area contributed by atoms with Crippen LogP contribution in [0.3, 0.4) is 0 Å². The molecule has 1 heteroatoms. The topological polar surface area (TPSA) is 17.1 Å². The minimum Gasteiger partial charge on any atom is -0.295 e. The van der Waals surface area contributed by atoms with Gasteiger partial charge in [-0.05, 0) is 44.4 Å². The van der Waals surface area contributed by atoms with Gasteiger partial charge < -0.3 is 0 Å². The van der Waals surface area contributed by atoms with Crippen molar-refractivity contribution in [3.63, 3.8) is 0 Å². The van der Waals surface area contributed by atoms with Crippen LogP contribution >= 0.6 is 0 Å². The van der Waals surface area contributed by atoms with Crippen LogP contribution in [0.1, 0.15) is 58.9 Å². The fourth-order valence-corrected chi connectivity index (χ4v) is 3.04. The Hall–Kier alpha value is -1.89. The van der Waals surface area contributed by atoms with E-state index in [9.17, 15) is 4.79 Å². The summed E-state index contributed by atoms with van der Waals surface area (Å²) in [6.07, 6.45) is 0. The molecule has 0 N–H and O–H groups in total. The molecule has 0 atom stereocenters. The van der Waals surface area contributed by atoms with Gasteiger partial charge in [0.25, 0.3) is 0 Å². The molecule has 21 heavy (non-hydrogen) atoms. The van der Waals surface area contributed by atoms with E-state index in [0.29, 0.717) is 0 Å². The monoisotopic (exact) mass is 280 g/mol. The minimum atomic E-state index is -0.191. The third-order valence-electron chi connectivity index (χ3n) is 4.29. The van der Waals surface area contributed by atoms with Crippen LogP contribution in [0.2, 0.25) is 0 Å². The number of carbonyl (C=O) groups is 1. The highest BCUT2D eigenvalue weighted by atomic mass is 16.1. The van der Waals surface area contributed by atoms with Gasteiger partial charge in [0.05, 0.1) is 0 Å². The van der Waals surface area contributed by atoms with Crippen LogP contribution in [0.4, 0.5) is 0 Å². The Morgan fingerprint density at radius 1 is 0.857 bits per heavy atom. The summed E-state index contributed by atoms with van der Waals surface area (Å²) in [5, 5.41) is 0. The fourth-order valence-electron chi connectivity index (χ4n) is 3.04. The molecule has 0 saturated carbocycles. The van der Waals surface area contributed by atoms with E-state index in [2.05, 4.69) is 58.9 Å². The van der Waals surface area contributed by atoms with Gasteiger partial charge in [-0.2, -0.15) is 0 Å². The summed E-state index contributed by atoms with van der Waals surface area (Å²) >= 11 is 0. The molecule has 0 radical (unpaired) electrons. The highest BCUT2D eigenvalue weighted by Crippen LogP contribution is 2.36. The zero-order chi connectivity index (χ0) is 15.8. The summed E-state index contributed by atoms with van der Waals surface area (Å²) < 4.78 is 0. The second-order valence-electron chi connectivity index (χ2n) is 6.55. The van der Waals surface area contributed by atoms with Crippen LogP contribution in [-0.4, -0.2) is 5.78 Å². The van der Waals surface area contributed by atoms with Gasteiger partial charge >= 0.3 is 0 Å². The lowest BCUT2D eigenvalue weighted by atomic mass is 9.73. The van der Waals surface area contributed by atoms with Crippen LogP contribution in [0.15, 0.2) is 36.4 Å². The number of benzene rings is 2. The third kappa shape index (κ3) is 2.92. The molecular formula is C20H24O. The lowest BCUT2D eigenvalue weighted by molar-refractivity contribution is 0.101. The van der Waals surface area contributed by atoms with Crippen LogP contribution in [0.25, 0.3) is 0 Å². The Morgan fingerprint density at radius 3 is 1.95 bits per heavy atom. The van der Waals surface area contributed by atoms with E-state index in [1.165, 1.54) is 22.3 Å². The highest BCUT2D eigenvalue weighted by Gasteiger charge is 2.28. The lowest BCUT2D eigenvalue weighted by Gasteiger charge is -2.30. The summed E-state index contributed by atoms with van der Waals surface area (Å²) in [4.78, 5) is 12.0. The molecule has 0 aliphatic heterocycles. The Labute approximate surface area is 128 Å². The van der Waals surface area contributed by atoms with Crippen molar-refractivity contribution in [2.75, 3.05) is 0 Å². The summed E-state index contributed by atoms with van der Waals surface area (Å²) in [6, 6.07) is 12.7. The molecule has 2 aromatic rings. The average molecular weight is 280 g/mol. The van der Waals surface area contributed by atoms with Crippen molar-refractivity contribution < 1.29 is 4.79 Å². The molecule has 110 valence electrons. The van der Waals surface area contributed by atoms with Gasteiger partial charge in [0.2, 0.25) is 0 Å². The Balaban J connectivity index is 2.71. The zero-order valence-electron chi connectivity index (χ0n) is 13.9. The maximum absolute atomic E-state index is 12.0. The van der Waals surface area contributed by atoms with Crippen LogP contribution in [-0.2, 0) is 5.41 Å². The van der Waals surface area contributed by atoms with Gasteiger partial charge in [0.1, 0.15) is 0 Å². The van der Waals surface area contributed by atoms with E-state index in [4.69, 9.17) is 0 Å². The highest BCUT2D eigenvalue weighted by molar-refractivity contribution is 5.96. The summed E-state index contributed by atoms with van der Waals surface area (Å²) in [5.41, 5.74) is 6.74. The molecular weight excluding hydrogens is 256 g/mol. The smallest absolute Gasteiger partial charge is 0.160 e. The van der Waals surface area contributed by atoms with Crippen molar-refractivity contribution in [1.29, 1.82) is 0 Å². The first-order valence-corrected chi connectivity index (χ1v) is 7.43. The molecule has 0 bridgehead atoms. The molecule has 0 aromatic heterocycles. The molecule has 0 aliphatic rings. The molecule has 0 amide bonds. The van der Waals surface area contributed by atoms with Crippen LogP contribution < -0.4 is 0 Å². The second kappa shape index (κ2) is 5.48. The Bertz CT molecular complexity index is 693. The maximum atomic E-state index is 12.0. The van der Waals surface area contributed by atoms with Gasteiger partial charge in [-0.25, -0.2) is 0 Å². The van der Waals surface area contributed by atoms with Gasteiger partial charge in [-0.1, -0.05) is 61.4 Å². The van der Waals surface area contributed by atoms with Crippen LogP contribution in [0, 0.1) is 20.8 Å². The zero-order valence-corrected chi connectivity index (χ0v) is 13.9. The standard InChI is InChI=1S/C20H24O/c1-13-7-9-15(3)18(11-13)20(5,6)19-12-14(2)8-10-17(19)16(4)21/h7-12H,1-6H3. The van der Waals surface area contributed by atoms with E-state index in [-0.39, 0.29) is 11.2 Å². The number of Topliss-reactive ketones (excluding diaryl/α,β-unsaturated/α-hetero) is 1. The first-order valence-electron chi connectivity index (χ1n) is 7.43. The van der Waals surface area contributed by atoms with Crippen molar-refractivity contribution in [3.8, 4) is 0 Å². The van der Waals surface area contributed by atoms with Crippen molar-refractivity contribution in [1.82, 2.24) is 0 Å². The van der Waals surface area contributed by atoms with E-state index in [1.54, 1.807) is 6.92 Å². The van der Waals surface area contributed by atoms with Crippen molar-refractivity contribution in [2.24, 2.45) is 0 Å². The Morgan fingerprint density at radius 2 is 1.38 bits per heavy atom. The second-order valence-corrected chi connectivity index (χ2v) is 6.55. The molecule has 0 saturated heterocycles. The molecule has 2 rings (SSSR count). The molecule has 0 heterocycles. The fraction of sp³-hybridized carbons (Fsp3) is 0.350. The summed E-state index contributed by atoms with van der Waals surface area (Å²) in [5.74, 6) is 0.128. The molecule has 2 aromatic carbocycles. The van der Waals surface area contributed by atoms with Gasteiger partial charge in [0, 0.05) is 11.0 Å². The summed E-state index contributed by atoms with van der Waals surface area (Å²) in [7, 11) is 0. The summed E-state index contributed by atoms with van der Waals surface area (Å²) in [6.45, 7) is 12.4. The molecule has 0 fully saturated rings. The number of ketones is 1. The van der Waals surface area contributed by atoms with Gasteiger partial charge in [0.15, 0.2) is 5.78 Å². The molecule has 1 nitrogen and oxygen atoms in total. The van der Waals surface area contributed by atoms with Crippen molar-refractivity contribution in [2.45, 2.75) is 47.0 Å². The van der Waals surface area contributed by atoms with E-state index >= 15 is 0 Å². The number of hydrogen-bond acceptors (Lipinski definition) is 1. The molecule has 0 spiro atoms. The van der Waals surface area contributed by atoms with E-state index in [0.717, 1.165) is 11.1 Å². The van der Waals surface area contributed by atoms with Crippen LogP contribution in [0.5, 0.6) is 0 Å². The first kappa shape index (κ1) is 15.5. The average Bonchev–Trinajstić information content (AvgIpc) is 2.41. The van der Waals surface area contributed by atoms with Gasteiger partial charge in [-0.15, -0.1) is 0 Å². The van der Waals surface area contributed by atoms with E-state index in [1.807, 2.05) is 12.1 Å². The number of carbonyl (C=O) groups excluding carboxylic acids is 1. The quantitative estimate of drug-likeness (QED) is 0.711. The molecule has 0 unspecified atom stereocenters. The van der Waals surface area contributed by atoms with Crippen molar-refractivity contribution >= 4 is 5.78 Å².